The zero-order chi connectivity index (χ0) is 29.9. The lowest BCUT2D eigenvalue weighted by Crippen LogP contribution is -2.12. The van der Waals surface area contributed by atoms with Gasteiger partial charge in [-0.2, -0.15) is 0 Å². The Hall–Kier alpha value is -3.74. The van der Waals surface area contributed by atoms with E-state index >= 15 is 0 Å². The monoisotopic (exact) mass is 621 g/mol. The molecule has 0 saturated heterocycles. The lowest BCUT2D eigenvalue weighted by Gasteiger charge is -2.15. The molecule has 0 aliphatic heterocycles. The van der Waals surface area contributed by atoms with E-state index < -0.39 is 27.6 Å². The number of aromatic nitrogens is 1. The third-order valence-electron chi connectivity index (χ3n) is 5.37. The number of sulfonamides is 1. The number of nitrogens with zero attached hydrogens (tertiary/aromatic N) is 1. The van der Waals surface area contributed by atoms with E-state index in [-0.39, 0.29) is 29.0 Å². The smallest absolute Gasteiger partial charge is 0.265 e. The SMILES string of the molecule is Cc1sc(C(=O)Nc2cc(Cl)cc(NS(C)(=O)=O)c2)cc1-c1ncc(OC(C)C)cc1OCc1cc(F)cc(F)c1. The molecule has 2 N–H and O–H groups in total. The molecular weight excluding hydrogens is 596 g/mol. The van der Waals surface area contributed by atoms with Crippen LogP contribution in [0.15, 0.2) is 54.7 Å². The second-order valence-corrected chi connectivity index (χ2v) is 12.8. The topological polar surface area (TPSA) is 107 Å². The molecule has 0 fully saturated rings. The van der Waals surface area contributed by atoms with E-state index in [0.717, 1.165) is 17.2 Å². The maximum atomic E-state index is 13.7. The summed E-state index contributed by atoms with van der Waals surface area (Å²) in [6.07, 6.45) is 2.40. The number of hydrogen-bond acceptors (Lipinski definition) is 7. The Kier molecular flexibility index (Phi) is 9.15. The van der Waals surface area contributed by atoms with Gasteiger partial charge in [0.15, 0.2) is 0 Å². The molecule has 1 amide bonds. The van der Waals surface area contributed by atoms with Crippen molar-refractivity contribution < 1.29 is 31.5 Å². The van der Waals surface area contributed by atoms with Crippen LogP contribution in [-0.4, -0.2) is 31.7 Å². The third kappa shape index (κ3) is 8.38. The van der Waals surface area contributed by atoms with Crippen LogP contribution >= 0.6 is 22.9 Å². The lowest BCUT2D eigenvalue weighted by molar-refractivity contribution is 0.103. The highest BCUT2D eigenvalue weighted by molar-refractivity contribution is 7.92. The van der Waals surface area contributed by atoms with Crippen LogP contribution in [0.25, 0.3) is 11.3 Å². The summed E-state index contributed by atoms with van der Waals surface area (Å²) in [6, 6.07) is 10.8. The predicted molar refractivity (Wildman–Crippen MR) is 157 cm³/mol. The number of aryl methyl sites for hydroxylation is 1. The van der Waals surface area contributed by atoms with Crippen molar-refractivity contribution in [2.75, 3.05) is 16.3 Å². The van der Waals surface area contributed by atoms with Crippen molar-refractivity contribution in [3.63, 3.8) is 0 Å². The van der Waals surface area contributed by atoms with Crippen LogP contribution in [0.1, 0.15) is 34.0 Å². The van der Waals surface area contributed by atoms with Gasteiger partial charge in [-0.25, -0.2) is 22.2 Å². The van der Waals surface area contributed by atoms with Gasteiger partial charge in [-0.05, 0) is 62.7 Å². The van der Waals surface area contributed by atoms with Crippen LogP contribution in [0.4, 0.5) is 20.2 Å². The van der Waals surface area contributed by atoms with Crippen LogP contribution in [0, 0.1) is 18.6 Å². The second kappa shape index (κ2) is 12.4. The molecule has 2 aromatic heterocycles. The van der Waals surface area contributed by atoms with Crippen LogP contribution in [-0.2, 0) is 16.6 Å². The maximum Gasteiger partial charge on any atom is 0.265 e. The first-order chi connectivity index (χ1) is 19.3. The number of carbonyl (C=O) groups is 1. The molecule has 0 aliphatic carbocycles. The van der Waals surface area contributed by atoms with Crippen molar-refractivity contribution in [2.45, 2.75) is 33.5 Å². The highest BCUT2D eigenvalue weighted by atomic mass is 35.5. The number of amides is 1. The number of anilines is 2. The third-order valence-corrected chi connectivity index (χ3v) is 7.25. The fraction of sp³-hybridized carbons (Fsp3) is 0.214. The molecule has 4 rings (SSSR count). The van der Waals surface area contributed by atoms with Gasteiger partial charge in [0.2, 0.25) is 10.0 Å². The zero-order valence-corrected chi connectivity index (χ0v) is 24.8. The molecule has 2 aromatic carbocycles. The average Bonchev–Trinajstić information content (AvgIpc) is 3.22. The Morgan fingerprint density at radius 3 is 2.39 bits per heavy atom. The maximum absolute atomic E-state index is 13.7. The Morgan fingerprint density at radius 2 is 1.73 bits per heavy atom. The van der Waals surface area contributed by atoms with Crippen molar-refractivity contribution in [2.24, 2.45) is 0 Å². The molecule has 0 saturated carbocycles. The van der Waals surface area contributed by atoms with Gasteiger partial charge in [-0.3, -0.25) is 9.52 Å². The molecule has 13 heteroatoms. The van der Waals surface area contributed by atoms with E-state index in [1.807, 2.05) is 20.8 Å². The number of carbonyl (C=O) groups excluding carboxylic acids is 1. The van der Waals surface area contributed by atoms with Crippen LogP contribution in [0.2, 0.25) is 5.02 Å². The summed E-state index contributed by atoms with van der Waals surface area (Å²) in [5.41, 5.74) is 1.81. The molecule has 4 aromatic rings. The van der Waals surface area contributed by atoms with Crippen molar-refractivity contribution in [3.8, 4) is 22.8 Å². The standard InChI is InChI=1S/C28H26ClF2N3O5S2/c1-15(2)39-23-11-25(38-14-17-5-19(30)9-20(31)6-17)27(32-13-23)24-12-26(40-16(24)3)28(35)33-21-7-18(29)8-22(10-21)34-41(4,36)37/h5-13,15,34H,14H2,1-4H3,(H,33,35). The van der Waals surface area contributed by atoms with Crippen molar-refractivity contribution in [1.29, 1.82) is 0 Å². The fourth-order valence-corrected chi connectivity index (χ4v) is 5.58. The predicted octanol–water partition coefficient (Wildman–Crippen LogP) is 7.04. The second-order valence-electron chi connectivity index (χ2n) is 9.39. The quantitative estimate of drug-likeness (QED) is 0.197. The molecule has 0 bridgehead atoms. The minimum absolute atomic E-state index is 0.134. The van der Waals surface area contributed by atoms with E-state index in [9.17, 15) is 22.0 Å². The number of benzene rings is 2. The largest absolute Gasteiger partial charge is 0.489 e. The molecule has 0 unspecified atom stereocenters. The number of nitrogens with one attached hydrogen (secondary N) is 2. The van der Waals surface area contributed by atoms with Gasteiger partial charge >= 0.3 is 0 Å². The Labute approximate surface area is 245 Å². The van der Waals surface area contributed by atoms with Crippen LogP contribution in [0.5, 0.6) is 11.5 Å². The molecule has 2 heterocycles. The number of hydrogen-bond donors (Lipinski definition) is 2. The van der Waals surface area contributed by atoms with Gasteiger partial charge in [0.05, 0.1) is 29.1 Å². The summed E-state index contributed by atoms with van der Waals surface area (Å²) in [4.78, 5) is 18.7. The molecule has 0 atom stereocenters. The van der Waals surface area contributed by atoms with Gasteiger partial charge in [0.25, 0.3) is 5.91 Å². The summed E-state index contributed by atoms with van der Waals surface area (Å²) < 4.78 is 64.7. The normalized spacial score (nSPS) is 11.4. The Morgan fingerprint density at radius 1 is 1.05 bits per heavy atom. The highest BCUT2D eigenvalue weighted by Gasteiger charge is 2.20. The first-order valence-electron chi connectivity index (χ1n) is 12.2. The van der Waals surface area contributed by atoms with Crippen molar-refractivity contribution in [3.05, 3.63) is 86.7 Å². The molecular formula is C28H26ClF2N3O5S2. The minimum atomic E-state index is -3.55. The summed E-state index contributed by atoms with van der Waals surface area (Å²) in [6.45, 7) is 5.40. The van der Waals surface area contributed by atoms with E-state index in [4.69, 9.17) is 21.1 Å². The van der Waals surface area contributed by atoms with Crippen LogP contribution in [0.3, 0.4) is 0 Å². The van der Waals surface area contributed by atoms with Crippen LogP contribution < -0.4 is 19.5 Å². The van der Waals surface area contributed by atoms with Crippen molar-refractivity contribution >= 4 is 50.2 Å². The van der Waals surface area contributed by atoms with E-state index in [0.29, 0.717) is 33.3 Å². The van der Waals surface area contributed by atoms with Gasteiger partial charge in [-0.1, -0.05) is 11.6 Å². The Bertz CT molecular complexity index is 1690. The zero-order valence-electron chi connectivity index (χ0n) is 22.4. The van der Waals surface area contributed by atoms with E-state index in [1.54, 1.807) is 12.1 Å². The average molecular weight is 622 g/mol. The molecule has 216 valence electrons. The summed E-state index contributed by atoms with van der Waals surface area (Å²) in [5, 5.41) is 2.96. The summed E-state index contributed by atoms with van der Waals surface area (Å²) >= 11 is 7.33. The highest BCUT2D eigenvalue weighted by Crippen LogP contribution is 2.38. The van der Waals surface area contributed by atoms with E-state index in [2.05, 4.69) is 15.0 Å². The lowest BCUT2D eigenvalue weighted by atomic mass is 10.1. The number of halogens is 3. The van der Waals surface area contributed by atoms with Crippen molar-refractivity contribution in [1.82, 2.24) is 4.98 Å². The Balaban J connectivity index is 1.63. The number of ether oxygens (including phenoxy) is 2. The molecule has 0 radical (unpaired) electrons. The fourth-order valence-electron chi connectivity index (χ4n) is 3.89. The molecule has 8 nitrogen and oxygen atoms in total. The van der Waals surface area contributed by atoms with Gasteiger partial charge in [0, 0.05) is 33.3 Å². The first kappa shape index (κ1) is 30.2. The number of thiophene rings is 1. The molecule has 0 spiro atoms. The summed E-state index contributed by atoms with van der Waals surface area (Å²) in [5.74, 6) is -1.15. The van der Waals surface area contributed by atoms with Gasteiger partial charge in [0.1, 0.15) is 35.4 Å². The molecule has 0 aliphatic rings. The van der Waals surface area contributed by atoms with E-state index in [1.165, 1.54) is 47.9 Å². The number of pyridine rings is 1. The molecule has 41 heavy (non-hydrogen) atoms. The summed E-state index contributed by atoms with van der Waals surface area (Å²) in [7, 11) is -3.55. The van der Waals surface area contributed by atoms with Gasteiger partial charge in [-0.15, -0.1) is 11.3 Å². The minimum Gasteiger partial charge on any atom is -0.489 e. The first-order valence-corrected chi connectivity index (χ1v) is 15.3. The number of rotatable bonds is 10. The van der Waals surface area contributed by atoms with Gasteiger partial charge < -0.3 is 14.8 Å².